The van der Waals surface area contributed by atoms with Gasteiger partial charge in [0, 0.05) is 24.9 Å². The van der Waals surface area contributed by atoms with E-state index in [9.17, 15) is 0 Å². The van der Waals surface area contributed by atoms with E-state index in [0.29, 0.717) is 12.5 Å². The van der Waals surface area contributed by atoms with Crippen molar-refractivity contribution in [2.45, 2.75) is 81.1 Å². The zero-order chi connectivity index (χ0) is 23.3. The number of allylic oxidation sites excluding steroid dienone is 2. The summed E-state index contributed by atoms with van der Waals surface area (Å²) in [4.78, 5) is 14.4. The molecular formula is C25H42N4O. The van der Waals surface area contributed by atoms with Crippen LogP contribution in [0.1, 0.15) is 90.0 Å². The third kappa shape index (κ3) is 7.52. The summed E-state index contributed by atoms with van der Waals surface area (Å²) in [6.07, 6.45) is 3.95. The summed E-state index contributed by atoms with van der Waals surface area (Å²) >= 11 is 0. The largest absolute Gasteiger partial charge is 0.396 e. The molecule has 5 heteroatoms. The fraction of sp³-hybridized carbons (Fsp3) is 0.560. The molecule has 0 atom stereocenters. The van der Waals surface area contributed by atoms with Crippen LogP contribution in [-0.2, 0) is 0 Å². The Labute approximate surface area is 184 Å². The molecule has 2 aromatic rings. The van der Waals surface area contributed by atoms with Crippen LogP contribution in [0.25, 0.3) is 16.8 Å². The summed E-state index contributed by atoms with van der Waals surface area (Å²) < 4.78 is 0. The zero-order valence-corrected chi connectivity index (χ0v) is 20.7. The minimum atomic E-state index is 0.319. The predicted octanol–water partition coefficient (Wildman–Crippen LogP) is 6.55. The molecule has 0 radical (unpaired) electrons. The van der Waals surface area contributed by atoms with Gasteiger partial charge in [0.05, 0.1) is 22.8 Å². The Balaban J connectivity index is 0.00000125. The molecule has 2 N–H and O–H groups in total. The first kappa shape index (κ1) is 27.7. The monoisotopic (exact) mass is 414 g/mol. The van der Waals surface area contributed by atoms with Gasteiger partial charge in [-0.25, -0.2) is 15.0 Å². The number of nitrogens with zero attached hydrogens (tertiary/aromatic N) is 3. The van der Waals surface area contributed by atoms with Crippen molar-refractivity contribution >= 4 is 11.4 Å². The summed E-state index contributed by atoms with van der Waals surface area (Å²) in [5, 5.41) is 11.1. The van der Waals surface area contributed by atoms with E-state index >= 15 is 0 Å². The quantitative estimate of drug-likeness (QED) is 0.561. The number of nitrogens with one attached hydrogen (secondary N) is 1. The standard InChI is InChI=1S/C20H28N4.C3H8O.C2H6/c1-8-15(9-2)18-13(5)23-19(14(6)22-18)16-10-11-17(12(3)4)24-20(16)21-7;1-2-3-4;1-2/h8,10-12H,9H2,1-7H3,(H,21,24);4H,2-3H2,1H3;1-2H3/b15-8-;;. The third-order valence-electron chi connectivity index (χ3n) is 4.50. The van der Waals surface area contributed by atoms with E-state index in [-0.39, 0.29) is 0 Å². The van der Waals surface area contributed by atoms with Crippen molar-refractivity contribution in [3.8, 4) is 11.3 Å². The number of pyridine rings is 1. The van der Waals surface area contributed by atoms with Crippen molar-refractivity contribution in [3.05, 3.63) is 41.0 Å². The van der Waals surface area contributed by atoms with Crippen molar-refractivity contribution < 1.29 is 5.11 Å². The van der Waals surface area contributed by atoms with Gasteiger partial charge in [-0.2, -0.15) is 0 Å². The maximum absolute atomic E-state index is 7.88. The fourth-order valence-corrected chi connectivity index (χ4v) is 2.85. The SMILES string of the molecule is C/C=C(/CC)c1nc(C)c(-c2ccc(C(C)C)nc2NC)nc1C.CC.CCCO. The number of anilines is 1. The van der Waals surface area contributed by atoms with Crippen LogP contribution in [0.3, 0.4) is 0 Å². The smallest absolute Gasteiger partial charge is 0.135 e. The number of aryl methyl sites for hydroxylation is 2. The van der Waals surface area contributed by atoms with Crippen LogP contribution < -0.4 is 5.32 Å². The average molecular weight is 415 g/mol. The molecular weight excluding hydrogens is 372 g/mol. The van der Waals surface area contributed by atoms with Crippen molar-refractivity contribution in [2.75, 3.05) is 19.0 Å². The van der Waals surface area contributed by atoms with Crippen LogP contribution in [-0.4, -0.2) is 33.7 Å². The second-order valence-corrected chi connectivity index (χ2v) is 7.02. The van der Waals surface area contributed by atoms with Crippen LogP contribution in [0, 0.1) is 13.8 Å². The van der Waals surface area contributed by atoms with Gasteiger partial charge in [-0.15, -0.1) is 0 Å². The van der Waals surface area contributed by atoms with E-state index in [1.807, 2.05) is 41.7 Å². The molecule has 0 aliphatic heterocycles. The van der Waals surface area contributed by atoms with Gasteiger partial charge >= 0.3 is 0 Å². The highest BCUT2D eigenvalue weighted by atomic mass is 16.2. The van der Waals surface area contributed by atoms with Crippen molar-refractivity contribution in [1.82, 2.24) is 15.0 Å². The molecule has 30 heavy (non-hydrogen) atoms. The summed E-state index contributed by atoms with van der Waals surface area (Å²) in [5.41, 5.74) is 7.09. The molecule has 0 aromatic carbocycles. The first-order valence-corrected chi connectivity index (χ1v) is 11.1. The van der Waals surface area contributed by atoms with Gasteiger partial charge < -0.3 is 10.4 Å². The molecule has 2 aromatic heterocycles. The summed E-state index contributed by atoms with van der Waals surface area (Å²) in [7, 11) is 1.90. The molecule has 0 saturated carbocycles. The van der Waals surface area contributed by atoms with Gasteiger partial charge in [-0.05, 0) is 57.2 Å². The van der Waals surface area contributed by atoms with Crippen LogP contribution in [0.5, 0.6) is 0 Å². The molecule has 0 spiro atoms. The summed E-state index contributed by atoms with van der Waals surface area (Å²) in [6, 6.07) is 4.18. The second kappa shape index (κ2) is 14.7. The first-order valence-electron chi connectivity index (χ1n) is 11.1. The molecule has 0 saturated heterocycles. The molecule has 0 bridgehead atoms. The van der Waals surface area contributed by atoms with Gasteiger partial charge in [-0.1, -0.05) is 47.6 Å². The average Bonchev–Trinajstić information content (AvgIpc) is 2.77. The van der Waals surface area contributed by atoms with Gasteiger partial charge in [-0.3, -0.25) is 0 Å². The van der Waals surface area contributed by atoms with Gasteiger partial charge in [0.2, 0.25) is 0 Å². The van der Waals surface area contributed by atoms with Crippen LogP contribution >= 0.6 is 0 Å². The van der Waals surface area contributed by atoms with E-state index in [4.69, 9.17) is 20.1 Å². The zero-order valence-electron chi connectivity index (χ0n) is 20.7. The van der Waals surface area contributed by atoms with E-state index in [2.05, 4.69) is 51.2 Å². The first-order chi connectivity index (χ1) is 14.3. The number of aliphatic hydroxyl groups is 1. The highest BCUT2D eigenvalue weighted by Gasteiger charge is 2.16. The normalized spacial score (nSPS) is 10.7. The highest BCUT2D eigenvalue weighted by molar-refractivity contribution is 5.75. The van der Waals surface area contributed by atoms with Crippen molar-refractivity contribution in [3.63, 3.8) is 0 Å². The Bertz CT molecular complexity index is 796. The number of hydrogen-bond acceptors (Lipinski definition) is 5. The van der Waals surface area contributed by atoms with Crippen LogP contribution in [0.4, 0.5) is 5.82 Å². The van der Waals surface area contributed by atoms with Crippen LogP contribution in [0.15, 0.2) is 18.2 Å². The maximum atomic E-state index is 7.88. The van der Waals surface area contributed by atoms with E-state index < -0.39 is 0 Å². The molecule has 2 heterocycles. The number of rotatable bonds is 6. The molecule has 2 rings (SSSR count). The Morgan fingerprint density at radius 1 is 1.07 bits per heavy atom. The van der Waals surface area contributed by atoms with Gasteiger partial charge in [0.25, 0.3) is 0 Å². The maximum Gasteiger partial charge on any atom is 0.135 e. The topological polar surface area (TPSA) is 70.9 Å². The Kier molecular flexibility index (Phi) is 13.6. The number of aromatic nitrogens is 3. The lowest BCUT2D eigenvalue weighted by Crippen LogP contribution is -2.06. The lowest BCUT2D eigenvalue weighted by atomic mass is 10.0. The van der Waals surface area contributed by atoms with E-state index in [1.165, 1.54) is 5.57 Å². The molecule has 168 valence electrons. The molecule has 0 aliphatic carbocycles. The fourth-order valence-electron chi connectivity index (χ4n) is 2.85. The second-order valence-electron chi connectivity index (χ2n) is 7.02. The Hall–Kier alpha value is -2.27. The minimum absolute atomic E-state index is 0.319. The Morgan fingerprint density at radius 3 is 2.10 bits per heavy atom. The van der Waals surface area contributed by atoms with Crippen molar-refractivity contribution in [1.29, 1.82) is 0 Å². The molecule has 0 aliphatic rings. The Morgan fingerprint density at radius 2 is 1.67 bits per heavy atom. The highest BCUT2D eigenvalue weighted by Crippen LogP contribution is 2.30. The lowest BCUT2D eigenvalue weighted by molar-refractivity contribution is 0.295. The lowest BCUT2D eigenvalue weighted by Gasteiger charge is -2.15. The predicted molar refractivity (Wildman–Crippen MR) is 131 cm³/mol. The van der Waals surface area contributed by atoms with E-state index in [0.717, 1.165) is 52.7 Å². The van der Waals surface area contributed by atoms with Crippen LogP contribution in [0.2, 0.25) is 0 Å². The summed E-state index contributed by atoms with van der Waals surface area (Å²) in [5.74, 6) is 1.25. The molecule has 0 fully saturated rings. The third-order valence-corrected chi connectivity index (χ3v) is 4.50. The molecule has 0 amide bonds. The van der Waals surface area contributed by atoms with Crippen molar-refractivity contribution in [2.24, 2.45) is 0 Å². The number of aliphatic hydroxyl groups excluding tert-OH is 1. The van der Waals surface area contributed by atoms with Gasteiger partial charge in [0.1, 0.15) is 5.82 Å². The van der Waals surface area contributed by atoms with E-state index in [1.54, 1.807) is 0 Å². The molecule has 0 unspecified atom stereocenters. The van der Waals surface area contributed by atoms with Gasteiger partial charge in [0.15, 0.2) is 0 Å². The molecule has 5 nitrogen and oxygen atoms in total. The summed E-state index contributed by atoms with van der Waals surface area (Å²) in [6.45, 7) is 18.8. The number of hydrogen-bond donors (Lipinski definition) is 2. The minimum Gasteiger partial charge on any atom is -0.396 e.